The van der Waals surface area contributed by atoms with Crippen LogP contribution in [0.1, 0.15) is 12.5 Å². The zero-order valence-electron chi connectivity index (χ0n) is 14.4. The van der Waals surface area contributed by atoms with Crippen LogP contribution in [0.3, 0.4) is 0 Å². The summed E-state index contributed by atoms with van der Waals surface area (Å²) in [5, 5.41) is 0. The Morgan fingerprint density at radius 2 is 1.96 bits per heavy atom. The lowest BCUT2D eigenvalue weighted by molar-refractivity contribution is -0.149. The number of ether oxygens (including phenoxy) is 4. The molecule has 130 valence electrons. The second-order valence-corrected chi connectivity index (χ2v) is 5.85. The van der Waals surface area contributed by atoms with Gasteiger partial charge in [-0.25, -0.2) is 9.97 Å². The number of hydrogen-bond donors (Lipinski definition) is 0. The fourth-order valence-electron chi connectivity index (χ4n) is 3.04. The van der Waals surface area contributed by atoms with Crippen LogP contribution in [-0.4, -0.2) is 41.8 Å². The Kier molecular flexibility index (Phi) is 3.82. The normalized spacial score (nSPS) is 16.3. The van der Waals surface area contributed by atoms with Gasteiger partial charge in [-0.3, -0.25) is 0 Å². The van der Waals surface area contributed by atoms with E-state index in [0.29, 0.717) is 30.5 Å². The maximum absolute atomic E-state index is 5.73. The van der Waals surface area contributed by atoms with Crippen molar-refractivity contribution >= 4 is 5.65 Å². The molecular weight excluding hydrogens is 322 g/mol. The zero-order valence-corrected chi connectivity index (χ0v) is 14.4. The molecule has 0 bridgehead atoms. The predicted octanol–water partition coefficient (Wildman–Crippen LogP) is 2.63. The van der Waals surface area contributed by atoms with E-state index in [1.54, 1.807) is 20.4 Å². The van der Waals surface area contributed by atoms with Crippen molar-refractivity contribution in [3.05, 3.63) is 42.4 Å². The van der Waals surface area contributed by atoms with Gasteiger partial charge in [-0.2, -0.15) is 0 Å². The molecule has 1 fully saturated rings. The Balaban J connectivity index is 1.80. The molecule has 0 radical (unpaired) electrons. The van der Waals surface area contributed by atoms with E-state index in [9.17, 15) is 0 Å². The van der Waals surface area contributed by atoms with Crippen molar-refractivity contribution in [3.63, 3.8) is 0 Å². The Hall–Kier alpha value is -2.64. The minimum atomic E-state index is -0.738. The van der Waals surface area contributed by atoms with Crippen molar-refractivity contribution in [2.24, 2.45) is 0 Å². The quantitative estimate of drug-likeness (QED) is 0.727. The molecule has 4 rings (SSSR count). The molecule has 25 heavy (non-hydrogen) atoms. The molecule has 0 aliphatic carbocycles. The van der Waals surface area contributed by atoms with E-state index >= 15 is 0 Å². The van der Waals surface area contributed by atoms with Crippen LogP contribution in [-0.2, 0) is 15.3 Å². The van der Waals surface area contributed by atoms with Gasteiger partial charge in [0.05, 0.1) is 33.1 Å². The van der Waals surface area contributed by atoms with Crippen LogP contribution in [0.15, 0.2) is 36.8 Å². The molecule has 7 heteroatoms. The minimum absolute atomic E-state index is 0.476. The Morgan fingerprint density at radius 1 is 1.16 bits per heavy atom. The smallest absolute Gasteiger partial charge is 0.258 e. The Labute approximate surface area is 145 Å². The molecule has 0 amide bonds. The molecular formula is C18H19N3O4. The monoisotopic (exact) mass is 341 g/mol. The molecule has 7 nitrogen and oxygen atoms in total. The summed E-state index contributed by atoms with van der Waals surface area (Å²) in [6, 6.07) is 5.87. The second kappa shape index (κ2) is 6.02. The Morgan fingerprint density at radius 3 is 2.68 bits per heavy atom. The minimum Gasteiger partial charge on any atom is -0.496 e. The first-order valence-electron chi connectivity index (χ1n) is 7.99. The third-order valence-corrected chi connectivity index (χ3v) is 4.38. The van der Waals surface area contributed by atoms with E-state index in [0.717, 1.165) is 16.8 Å². The first-order valence-corrected chi connectivity index (χ1v) is 7.99. The number of fused-ring (bicyclic) bond motifs is 1. The van der Waals surface area contributed by atoms with Gasteiger partial charge < -0.3 is 23.3 Å². The van der Waals surface area contributed by atoms with E-state index in [2.05, 4.69) is 9.97 Å². The van der Waals surface area contributed by atoms with Gasteiger partial charge in [0.25, 0.3) is 5.88 Å². The summed E-state index contributed by atoms with van der Waals surface area (Å²) in [5.74, 6) is 0.440. The summed E-state index contributed by atoms with van der Waals surface area (Å²) >= 11 is 0. The fraction of sp³-hybridized carbons (Fsp3) is 0.333. The van der Waals surface area contributed by atoms with E-state index in [-0.39, 0.29) is 0 Å². The highest BCUT2D eigenvalue weighted by Gasteiger charge is 2.33. The highest BCUT2D eigenvalue weighted by atomic mass is 16.7. The van der Waals surface area contributed by atoms with Gasteiger partial charge in [-0.1, -0.05) is 6.07 Å². The molecule has 1 aliphatic rings. The lowest BCUT2D eigenvalue weighted by atomic mass is 10.0. The van der Waals surface area contributed by atoms with E-state index in [4.69, 9.17) is 18.9 Å². The van der Waals surface area contributed by atoms with Crippen molar-refractivity contribution in [1.82, 2.24) is 14.4 Å². The van der Waals surface area contributed by atoms with Crippen LogP contribution in [0.4, 0.5) is 0 Å². The number of nitrogens with zero attached hydrogens (tertiary/aromatic N) is 3. The predicted molar refractivity (Wildman–Crippen MR) is 90.8 cm³/mol. The van der Waals surface area contributed by atoms with Crippen molar-refractivity contribution in [1.29, 1.82) is 0 Å². The average Bonchev–Trinajstić information content (AvgIpc) is 3.27. The number of aromatic nitrogens is 3. The van der Waals surface area contributed by atoms with Gasteiger partial charge in [0.2, 0.25) is 5.65 Å². The molecule has 1 aliphatic heterocycles. The topological polar surface area (TPSA) is 67.1 Å². The molecule has 2 aromatic heterocycles. The molecule has 3 aromatic rings. The Bertz CT molecular complexity index is 916. The van der Waals surface area contributed by atoms with Crippen LogP contribution in [0.5, 0.6) is 11.6 Å². The van der Waals surface area contributed by atoms with Gasteiger partial charge >= 0.3 is 0 Å². The highest BCUT2D eigenvalue weighted by molar-refractivity contribution is 5.71. The maximum Gasteiger partial charge on any atom is 0.258 e. The number of methoxy groups -OCH3 is 2. The number of benzene rings is 1. The fourth-order valence-corrected chi connectivity index (χ4v) is 3.04. The molecule has 0 unspecified atom stereocenters. The van der Waals surface area contributed by atoms with E-state index < -0.39 is 5.79 Å². The summed E-state index contributed by atoms with van der Waals surface area (Å²) in [6.45, 7) is 3.08. The summed E-state index contributed by atoms with van der Waals surface area (Å²) in [5.41, 5.74) is 3.21. The van der Waals surface area contributed by atoms with E-state index in [1.165, 1.54) is 0 Å². The van der Waals surface area contributed by atoms with Gasteiger partial charge in [-0.15, -0.1) is 0 Å². The molecule has 1 saturated heterocycles. The van der Waals surface area contributed by atoms with E-state index in [1.807, 2.05) is 41.9 Å². The summed E-state index contributed by atoms with van der Waals surface area (Å²) in [6.07, 6.45) is 5.42. The van der Waals surface area contributed by atoms with Crippen LogP contribution in [0, 0.1) is 0 Å². The molecule has 3 heterocycles. The standard InChI is InChI=1S/C18H19N3O4/c1-18(24-8-9-25-18)12-4-5-13(15(10-12)22-2)14-11-21-7-6-19-17(23-3)16(21)20-14/h4-7,10-11H,8-9H2,1-3H3. The van der Waals surface area contributed by atoms with Gasteiger partial charge in [0.1, 0.15) is 5.75 Å². The second-order valence-electron chi connectivity index (χ2n) is 5.85. The summed E-state index contributed by atoms with van der Waals surface area (Å²) in [7, 11) is 3.22. The van der Waals surface area contributed by atoms with Gasteiger partial charge in [0, 0.05) is 29.7 Å². The van der Waals surface area contributed by atoms with Crippen LogP contribution in [0.2, 0.25) is 0 Å². The third kappa shape index (κ3) is 2.61. The number of rotatable bonds is 4. The molecule has 0 saturated carbocycles. The molecule has 0 spiro atoms. The first kappa shape index (κ1) is 15.9. The number of imidazole rings is 1. The van der Waals surface area contributed by atoms with Crippen molar-refractivity contribution in [2.75, 3.05) is 27.4 Å². The summed E-state index contributed by atoms with van der Waals surface area (Å²) in [4.78, 5) is 8.82. The average molecular weight is 341 g/mol. The largest absolute Gasteiger partial charge is 0.496 e. The van der Waals surface area contributed by atoms with Crippen LogP contribution < -0.4 is 9.47 Å². The van der Waals surface area contributed by atoms with Crippen molar-refractivity contribution in [3.8, 4) is 22.9 Å². The first-order chi connectivity index (χ1) is 12.1. The van der Waals surface area contributed by atoms with Crippen molar-refractivity contribution in [2.45, 2.75) is 12.7 Å². The lowest BCUT2D eigenvalue weighted by Crippen LogP contribution is -2.22. The molecule has 0 N–H and O–H groups in total. The van der Waals surface area contributed by atoms with Crippen LogP contribution >= 0.6 is 0 Å². The molecule has 1 aromatic carbocycles. The highest BCUT2D eigenvalue weighted by Crippen LogP contribution is 2.37. The van der Waals surface area contributed by atoms with Crippen molar-refractivity contribution < 1.29 is 18.9 Å². The lowest BCUT2D eigenvalue weighted by Gasteiger charge is -2.23. The van der Waals surface area contributed by atoms with Crippen LogP contribution in [0.25, 0.3) is 16.9 Å². The zero-order chi connectivity index (χ0) is 17.4. The third-order valence-electron chi connectivity index (χ3n) is 4.38. The maximum atomic E-state index is 5.73. The number of hydrogen-bond acceptors (Lipinski definition) is 6. The summed E-state index contributed by atoms with van der Waals surface area (Å²) < 4.78 is 24.2. The SMILES string of the molecule is COc1cc(C2(C)OCCO2)ccc1-c1cn2ccnc(OC)c2n1. The van der Waals surface area contributed by atoms with Gasteiger partial charge in [0.15, 0.2) is 5.79 Å². The van der Waals surface area contributed by atoms with Gasteiger partial charge in [-0.05, 0) is 19.1 Å². The molecule has 0 atom stereocenters.